The van der Waals surface area contributed by atoms with E-state index in [0.717, 1.165) is 16.7 Å². The lowest BCUT2D eigenvalue weighted by Gasteiger charge is -2.18. The lowest BCUT2D eigenvalue weighted by Crippen LogP contribution is -2.13. The SMILES string of the molecule is O=C(O)c1cccc(-n2c(-c3cc(Cl)ccc3OCc3ccccc3F)ccc2C(F)(F)F)c1. The van der Waals surface area contributed by atoms with E-state index < -0.39 is 23.7 Å². The van der Waals surface area contributed by atoms with Crippen LogP contribution in [-0.4, -0.2) is 15.6 Å². The third-order valence-corrected chi connectivity index (χ3v) is 5.32. The molecule has 0 aliphatic heterocycles. The molecular weight excluding hydrogens is 474 g/mol. The summed E-state index contributed by atoms with van der Waals surface area (Å²) in [6.45, 7) is -0.164. The van der Waals surface area contributed by atoms with Crippen molar-refractivity contribution in [1.82, 2.24) is 4.57 Å². The van der Waals surface area contributed by atoms with E-state index in [2.05, 4.69) is 0 Å². The minimum Gasteiger partial charge on any atom is -0.488 e. The van der Waals surface area contributed by atoms with E-state index in [-0.39, 0.29) is 45.5 Å². The molecule has 1 aromatic heterocycles. The van der Waals surface area contributed by atoms with Gasteiger partial charge in [-0.25, -0.2) is 9.18 Å². The van der Waals surface area contributed by atoms with E-state index in [1.807, 2.05) is 0 Å². The third-order valence-electron chi connectivity index (χ3n) is 5.08. The van der Waals surface area contributed by atoms with Gasteiger partial charge in [-0.05, 0) is 54.6 Å². The molecule has 0 aliphatic rings. The van der Waals surface area contributed by atoms with Gasteiger partial charge < -0.3 is 14.4 Å². The summed E-state index contributed by atoms with van der Waals surface area (Å²) in [5.41, 5.74) is -0.630. The quantitative estimate of drug-likeness (QED) is 0.291. The number of hydrogen-bond acceptors (Lipinski definition) is 2. The molecule has 0 saturated carbocycles. The smallest absolute Gasteiger partial charge is 0.431 e. The van der Waals surface area contributed by atoms with Gasteiger partial charge in [0, 0.05) is 21.8 Å². The molecule has 0 fully saturated rings. The molecule has 0 atom stereocenters. The second-order valence-corrected chi connectivity index (χ2v) is 7.75. The predicted molar refractivity (Wildman–Crippen MR) is 119 cm³/mol. The first-order valence-corrected chi connectivity index (χ1v) is 10.3. The maximum atomic E-state index is 14.0. The van der Waals surface area contributed by atoms with E-state index in [9.17, 15) is 27.5 Å². The van der Waals surface area contributed by atoms with E-state index in [1.54, 1.807) is 6.07 Å². The Morgan fingerprint density at radius 1 is 0.971 bits per heavy atom. The number of aromatic carboxylic acids is 1. The minimum atomic E-state index is -4.73. The Morgan fingerprint density at radius 3 is 2.44 bits per heavy atom. The summed E-state index contributed by atoms with van der Waals surface area (Å²) < 4.78 is 62.3. The summed E-state index contributed by atoms with van der Waals surface area (Å²) >= 11 is 6.15. The molecule has 9 heteroatoms. The highest BCUT2D eigenvalue weighted by atomic mass is 35.5. The highest BCUT2D eigenvalue weighted by molar-refractivity contribution is 6.31. The Kier molecular flexibility index (Phi) is 6.34. The van der Waals surface area contributed by atoms with Crippen LogP contribution in [0.4, 0.5) is 17.6 Å². The highest BCUT2D eigenvalue weighted by Crippen LogP contribution is 2.40. The van der Waals surface area contributed by atoms with Crippen molar-refractivity contribution in [3.63, 3.8) is 0 Å². The zero-order valence-corrected chi connectivity index (χ0v) is 18.1. The average molecular weight is 490 g/mol. The van der Waals surface area contributed by atoms with Crippen molar-refractivity contribution in [2.45, 2.75) is 12.8 Å². The fourth-order valence-electron chi connectivity index (χ4n) is 3.52. The molecule has 4 rings (SSSR count). The number of rotatable bonds is 6. The van der Waals surface area contributed by atoms with Crippen LogP contribution in [0.2, 0.25) is 5.02 Å². The van der Waals surface area contributed by atoms with Crippen molar-refractivity contribution < 1.29 is 32.2 Å². The van der Waals surface area contributed by atoms with Crippen molar-refractivity contribution in [2.75, 3.05) is 0 Å². The lowest BCUT2D eigenvalue weighted by atomic mass is 10.1. The lowest BCUT2D eigenvalue weighted by molar-refractivity contribution is -0.142. The molecule has 34 heavy (non-hydrogen) atoms. The summed E-state index contributed by atoms with van der Waals surface area (Å²) in [5.74, 6) is -1.58. The molecule has 4 aromatic rings. The van der Waals surface area contributed by atoms with Crippen molar-refractivity contribution in [2.24, 2.45) is 0 Å². The maximum Gasteiger partial charge on any atom is 0.431 e. The zero-order valence-electron chi connectivity index (χ0n) is 17.3. The number of benzene rings is 3. The monoisotopic (exact) mass is 489 g/mol. The Morgan fingerprint density at radius 2 is 1.74 bits per heavy atom. The van der Waals surface area contributed by atoms with E-state index in [4.69, 9.17) is 16.3 Å². The van der Waals surface area contributed by atoms with Crippen molar-refractivity contribution in [3.05, 3.63) is 107 Å². The van der Waals surface area contributed by atoms with Gasteiger partial charge in [0.05, 0.1) is 11.3 Å². The number of hydrogen-bond donors (Lipinski definition) is 1. The molecule has 1 heterocycles. The molecule has 0 aliphatic carbocycles. The third kappa shape index (κ3) is 4.77. The van der Waals surface area contributed by atoms with Gasteiger partial charge in [-0.15, -0.1) is 0 Å². The maximum absolute atomic E-state index is 14.0. The highest BCUT2D eigenvalue weighted by Gasteiger charge is 2.36. The topological polar surface area (TPSA) is 51.5 Å². The zero-order chi connectivity index (χ0) is 24.5. The van der Waals surface area contributed by atoms with Gasteiger partial charge >= 0.3 is 12.1 Å². The van der Waals surface area contributed by atoms with Crippen LogP contribution in [0.15, 0.2) is 78.9 Å². The summed E-state index contributed by atoms with van der Waals surface area (Å²) in [4.78, 5) is 11.4. The molecule has 0 radical (unpaired) electrons. The number of nitrogens with zero attached hydrogens (tertiary/aromatic N) is 1. The number of halogens is 5. The molecule has 0 saturated heterocycles. The van der Waals surface area contributed by atoms with Crippen molar-refractivity contribution >= 4 is 17.6 Å². The Labute approximate surface area is 196 Å². The van der Waals surface area contributed by atoms with Gasteiger partial charge in [0.15, 0.2) is 0 Å². The minimum absolute atomic E-state index is 0.00717. The van der Waals surface area contributed by atoms with Crippen LogP contribution in [0.5, 0.6) is 5.75 Å². The van der Waals surface area contributed by atoms with Crippen LogP contribution in [0.25, 0.3) is 16.9 Å². The number of ether oxygens (including phenoxy) is 1. The number of aromatic nitrogens is 1. The Balaban J connectivity index is 1.86. The van der Waals surface area contributed by atoms with Crippen LogP contribution in [0.1, 0.15) is 21.6 Å². The molecular formula is C25H16ClF4NO3. The van der Waals surface area contributed by atoms with Gasteiger partial charge in [-0.3, -0.25) is 0 Å². The molecule has 3 aromatic carbocycles. The number of carboxylic acid groups (broad SMARTS) is 1. The van der Waals surface area contributed by atoms with E-state index in [1.165, 1.54) is 60.7 Å². The molecule has 0 bridgehead atoms. The molecule has 0 spiro atoms. The second-order valence-electron chi connectivity index (χ2n) is 7.31. The fourth-order valence-corrected chi connectivity index (χ4v) is 3.70. The first kappa shape index (κ1) is 23.4. The van der Waals surface area contributed by atoms with Gasteiger partial charge in [0.2, 0.25) is 0 Å². The second kappa shape index (κ2) is 9.23. The standard InChI is InChI=1S/C25H16ClF4NO3/c26-17-8-10-22(34-14-16-4-1-2-7-20(16)27)19(13-17)21-9-11-23(25(28,29)30)31(21)18-6-3-5-15(12-18)24(32)33/h1-13H,14H2,(H,32,33). The van der Waals surface area contributed by atoms with Gasteiger partial charge in [-0.2, -0.15) is 13.2 Å². The van der Waals surface area contributed by atoms with E-state index in [0.29, 0.717) is 0 Å². The number of carbonyl (C=O) groups is 1. The van der Waals surface area contributed by atoms with Gasteiger partial charge in [0.1, 0.15) is 23.9 Å². The summed E-state index contributed by atoms with van der Waals surface area (Å²) in [6.07, 6.45) is -4.73. The fraction of sp³-hybridized carbons (Fsp3) is 0.0800. The predicted octanol–water partition coefficient (Wildman–Crippen LogP) is 7.23. The average Bonchev–Trinajstić information content (AvgIpc) is 3.25. The number of alkyl halides is 3. The van der Waals surface area contributed by atoms with Crippen LogP contribution in [0, 0.1) is 5.82 Å². The van der Waals surface area contributed by atoms with Crippen LogP contribution >= 0.6 is 11.6 Å². The molecule has 1 N–H and O–H groups in total. The van der Waals surface area contributed by atoms with Crippen molar-refractivity contribution in [3.8, 4) is 22.7 Å². The Bertz CT molecular complexity index is 1360. The molecule has 4 nitrogen and oxygen atoms in total. The largest absolute Gasteiger partial charge is 0.488 e. The van der Waals surface area contributed by atoms with Crippen molar-refractivity contribution in [1.29, 1.82) is 0 Å². The Hall–Kier alpha value is -3.78. The van der Waals surface area contributed by atoms with Crippen LogP contribution < -0.4 is 4.74 Å². The van der Waals surface area contributed by atoms with E-state index >= 15 is 0 Å². The van der Waals surface area contributed by atoms with Crippen LogP contribution in [-0.2, 0) is 12.8 Å². The molecule has 0 amide bonds. The first-order chi connectivity index (χ1) is 16.1. The first-order valence-electron chi connectivity index (χ1n) is 9.94. The van der Waals surface area contributed by atoms with Gasteiger partial charge in [-0.1, -0.05) is 35.9 Å². The normalized spacial score (nSPS) is 11.4. The summed E-state index contributed by atoms with van der Waals surface area (Å²) in [5, 5.41) is 9.55. The molecule has 174 valence electrons. The molecule has 0 unspecified atom stereocenters. The van der Waals surface area contributed by atoms with Crippen LogP contribution in [0.3, 0.4) is 0 Å². The summed E-state index contributed by atoms with van der Waals surface area (Å²) in [6, 6.07) is 17.7. The summed E-state index contributed by atoms with van der Waals surface area (Å²) in [7, 11) is 0. The number of carboxylic acids is 1. The van der Waals surface area contributed by atoms with Gasteiger partial charge in [0.25, 0.3) is 0 Å².